The summed E-state index contributed by atoms with van der Waals surface area (Å²) < 4.78 is 5.41. The molecule has 0 unspecified atom stereocenters. The van der Waals surface area contributed by atoms with Crippen molar-refractivity contribution in [3.63, 3.8) is 0 Å². The number of aromatic amines is 1. The second kappa shape index (κ2) is 5.45. The summed E-state index contributed by atoms with van der Waals surface area (Å²) in [5, 5.41) is 7.40. The van der Waals surface area contributed by atoms with Crippen LogP contribution >= 0.6 is 0 Å². The monoisotopic (exact) mass is 259 g/mol. The van der Waals surface area contributed by atoms with E-state index < -0.39 is 0 Å². The molecule has 0 amide bonds. The molecule has 4 heteroatoms. The summed E-state index contributed by atoms with van der Waals surface area (Å²) in [5.41, 5.74) is 12.4. The highest BCUT2D eigenvalue weighted by atomic mass is 16.5. The molecule has 3 N–H and O–H groups in total. The van der Waals surface area contributed by atoms with Crippen molar-refractivity contribution in [1.29, 1.82) is 0 Å². The van der Waals surface area contributed by atoms with E-state index in [4.69, 9.17) is 10.5 Å². The number of hydrogen-bond acceptors (Lipinski definition) is 3. The fraction of sp³-hybridized carbons (Fsp3) is 0.400. The number of aryl methyl sites for hydroxylation is 3. The standard InChI is InChI=1S/C15H21N3O/c1-9-7-12(8-10(2)15(9)19-4)14-11(3)17-18-13(14)5-6-16/h7-8H,5-6,16H2,1-4H3,(H,17,18). The number of nitrogens with one attached hydrogen (secondary N) is 1. The SMILES string of the molecule is COc1c(C)cc(-c2c(CCN)n[nH]c2C)cc1C. The van der Waals surface area contributed by atoms with E-state index in [2.05, 4.69) is 36.2 Å². The van der Waals surface area contributed by atoms with Crippen molar-refractivity contribution in [3.05, 3.63) is 34.6 Å². The van der Waals surface area contributed by atoms with Gasteiger partial charge in [0.15, 0.2) is 0 Å². The molecule has 1 heterocycles. The average molecular weight is 259 g/mol. The van der Waals surface area contributed by atoms with Crippen LogP contribution in [0.2, 0.25) is 0 Å². The summed E-state index contributed by atoms with van der Waals surface area (Å²) in [6, 6.07) is 4.29. The Balaban J connectivity index is 2.56. The summed E-state index contributed by atoms with van der Waals surface area (Å²) in [6.07, 6.45) is 0.782. The van der Waals surface area contributed by atoms with Gasteiger partial charge in [-0.1, -0.05) is 0 Å². The third kappa shape index (κ3) is 2.49. The van der Waals surface area contributed by atoms with Crippen molar-refractivity contribution in [1.82, 2.24) is 10.2 Å². The summed E-state index contributed by atoms with van der Waals surface area (Å²) in [4.78, 5) is 0. The van der Waals surface area contributed by atoms with E-state index >= 15 is 0 Å². The fourth-order valence-electron chi connectivity index (χ4n) is 2.60. The van der Waals surface area contributed by atoms with Crippen LogP contribution in [0, 0.1) is 20.8 Å². The topological polar surface area (TPSA) is 63.9 Å². The summed E-state index contributed by atoms with van der Waals surface area (Å²) >= 11 is 0. The number of H-pyrrole nitrogens is 1. The van der Waals surface area contributed by atoms with Crippen LogP contribution in [0.15, 0.2) is 12.1 Å². The second-order valence-electron chi connectivity index (χ2n) is 4.85. The predicted octanol–water partition coefficient (Wildman–Crippen LogP) is 2.51. The van der Waals surface area contributed by atoms with Crippen LogP contribution < -0.4 is 10.5 Å². The number of nitrogens with zero attached hydrogens (tertiary/aromatic N) is 1. The van der Waals surface area contributed by atoms with Crippen molar-refractivity contribution in [2.24, 2.45) is 5.73 Å². The number of aromatic nitrogens is 2. The van der Waals surface area contributed by atoms with Crippen molar-refractivity contribution >= 4 is 0 Å². The smallest absolute Gasteiger partial charge is 0.124 e. The van der Waals surface area contributed by atoms with Crippen LogP contribution in [0.4, 0.5) is 0 Å². The van der Waals surface area contributed by atoms with Gasteiger partial charge in [0.1, 0.15) is 5.75 Å². The highest BCUT2D eigenvalue weighted by molar-refractivity contribution is 5.71. The van der Waals surface area contributed by atoms with Gasteiger partial charge in [-0.25, -0.2) is 0 Å². The van der Waals surface area contributed by atoms with Crippen LogP contribution in [0.1, 0.15) is 22.5 Å². The maximum atomic E-state index is 5.65. The Morgan fingerprint density at radius 1 is 1.21 bits per heavy atom. The van der Waals surface area contributed by atoms with Crippen molar-refractivity contribution in [3.8, 4) is 16.9 Å². The van der Waals surface area contributed by atoms with Gasteiger partial charge in [-0.05, 0) is 56.1 Å². The number of hydrogen-bond donors (Lipinski definition) is 2. The molecule has 0 atom stereocenters. The van der Waals surface area contributed by atoms with Gasteiger partial charge in [-0.3, -0.25) is 5.10 Å². The molecular formula is C15H21N3O. The van der Waals surface area contributed by atoms with Crippen molar-refractivity contribution < 1.29 is 4.74 Å². The first-order chi connectivity index (χ1) is 9.08. The maximum Gasteiger partial charge on any atom is 0.124 e. The molecule has 0 saturated heterocycles. The fourth-order valence-corrected chi connectivity index (χ4v) is 2.60. The molecule has 0 aliphatic heterocycles. The number of nitrogens with two attached hydrogens (primary N) is 1. The van der Waals surface area contributed by atoms with Crippen molar-refractivity contribution in [2.75, 3.05) is 13.7 Å². The van der Waals surface area contributed by atoms with Crippen LogP contribution in [0.25, 0.3) is 11.1 Å². The molecule has 0 radical (unpaired) electrons. The number of methoxy groups -OCH3 is 1. The molecule has 102 valence electrons. The zero-order valence-electron chi connectivity index (χ0n) is 12.0. The first-order valence-corrected chi connectivity index (χ1v) is 6.48. The summed E-state index contributed by atoms with van der Waals surface area (Å²) in [5.74, 6) is 0.949. The largest absolute Gasteiger partial charge is 0.496 e. The zero-order valence-corrected chi connectivity index (χ0v) is 12.0. The predicted molar refractivity (Wildman–Crippen MR) is 77.5 cm³/mol. The number of benzene rings is 1. The third-order valence-electron chi connectivity index (χ3n) is 3.36. The average Bonchev–Trinajstić information content (AvgIpc) is 2.70. The highest BCUT2D eigenvalue weighted by Crippen LogP contribution is 2.32. The lowest BCUT2D eigenvalue weighted by Gasteiger charge is -2.12. The van der Waals surface area contributed by atoms with E-state index in [1.807, 2.05) is 6.92 Å². The Labute approximate surface area is 114 Å². The van der Waals surface area contributed by atoms with Gasteiger partial charge in [-0.15, -0.1) is 0 Å². The Kier molecular flexibility index (Phi) is 3.90. The quantitative estimate of drug-likeness (QED) is 0.886. The molecule has 2 aromatic rings. The van der Waals surface area contributed by atoms with Crippen LogP contribution in [0.3, 0.4) is 0 Å². The molecule has 19 heavy (non-hydrogen) atoms. The molecule has 1 aromatic heterocycles. The maximum absolute atomic E-state index is 5.65. The van der Waals surface area contributed by atoms with E-state index in [-0.39, 0.29) is 0 Å². The van der Waals surface area contributed by atoms with Gasteiger partial charge < -0.3 is 10.5 Å². The van der Waals surface area contributed by atoms with Gasteiger partial charge in [0.05, 0.1) is 12.8 Å². The van der Waals surface area contributed by atoms with Crippen LogP contribution in [-0.2, 0) is 6.42 Å². The number of rotatable bonds is 4. The van der Waals surface area contributed by atoms with E-state index in [0.29, 0.717) is 6.54 Å². The minimum absolute atomic E-state index is 0.603. The Morgan fingerprint density at radius 2 is 1.84 bits per heavy atom. The van der Waals surface area contributed by atoms with Crippen LogP contribution in [-0.4, -0.2) is 23.9 Å². The molecule has 1 aromatic carbocycles. The van der Waals surface area contributed by atoms with E-state index in [1.165, 1.54) is 11.1 Å². The first kappa shape index (κ1) is 13.6. The van der Waals surface area contributed by atoms with Gasteiger partial charge in [-0.2, -0.15) is 5.10 Å². The van der Waals surface area contributed by atoms with Crippen LogP contribution in [0.5, 0.6) is 5.75 Å². The molecule has 0 spiro atoms. The lowest BCUT2D eigenvalue weighted by atomic mass is 9.97. The Bertz CT molecular complexity index is 564. The minimum Gasteiger partial charge on any atom is -0.496 e. The summed E-state index contributed by atoms with van der Waals surface area (Å²) in [7, 11) is 1.71. The Morgan fingerprint density at radius 3 is 2.37 bits per heavy atom. The third-order valence-corrected chi connectivity index (χ3v) is 3.36. The molecule has 0 aliphatic rings. The lowest BCUT2D eigenvalue weighted by molar-refractivity contribution is 0.408. The van der Waals surface area contributed by atoms with E-state index in [1.54, 1.807) is 7.11 Å². The highest BCUT2D eigenvalue weighted by Gasteiger charge is 2.14. The number of ether oxygens (including phenoxy) is 1. The molecule has 0 saturated carbocycles. The minimum atomic E-state index is 0.603. The Hall–Kier alpha value is -1.81. The van der Waals surface area contributed by atoms with Gasteiger partial charge >= 0.3 is 0 Å². The van der Waals surface area contributed by atoms with Gasteiger partial charge in [0, 0.05) is 17.7 Å². The van der Waals surface area contributed by atoms with Gasteiger partial charge in [0.2, 0.25) is 0 Å². The van der Waals surface area contributed by atoms with E-state index in [9.17, 15) is 0 Å². The first-order valence-electron chi connectivity index (χ1n) is 6.48. The second-order valence-corrected chi connectivity index (χ2v) is 4.85. The molecule has 2 rings (SSSR count). The lowest BCUT2D eigenvalue weighted by Crippen LogP contribution is -2.04. The molecule has 0 bridgehead atoms. The summed E-state index contributed by atoms with van der Waals surface area (Å²) in [6.45, 7) is 6.77. The van der Waals surface area contributed by atoms with Crippen molar-refractivity contribution in [2.45, 2.75) is 27.2 Å². The normalized spacial score (nSPS) is 10.8. The molecule has 0 fully saturated rings. The zero-order chi connectivity index (χ0) is 14.0. The molecular weight excluding hydrogens is 238 g/mol. The molecule has 0 aliphatic carbocycles. The molecule has 4 nitrogen and oxygen atoms in total. The van der Waals surface area contributed by atoms with Gasteiger partial charge in [0.25, 0.3) is 0 Å². The van der Waals surface area contributed by atoms with E-state index in [0.717, 1.165) is 34.7 Å².